The fourth-order valence-electron chi connectivity index (χ4n) is 1.46. The Hall–Kier alpha value is -1.26. The number of nitrogens with two attached hydrogens (primary N) is 1. The summed E-state index contributed by atoms with van der Waals surface area (Å²) in [6.07, 6.45) is 0. The number of hydrogen-bond acceptors (Lipinski definition) is 4. The average Bonchev–Trinajstić information content (AvgIpc) is 2.30. The van der Waals surface area contributed by atoms with Crippen molar-refractivity contribution in [3.63, 3.8) is 0 Å². The lowest BCUT2D eigenvalue weighted by molar-refractivity contribution is 0.153. The second-order valence-electron chi connectivity index (χ2n) is 4.02. The van der Waals surface area contributed by atoms with E-state index >= 15 is 0 Å². The fourth-order valence-corrected chi connectivity index (χ4v) is 1.46. The Morgan fingerprint density at radius 2 is 2.19 bits per heavy atom. The van der Waals surface area contributed by atoms with Gasteiger partial charge >= 0.3 is 0 Å². The molecule has 0 amide bonds. The average molecular weight is 224 g/mol. The number of methoxy groups -OCH3 is 1. The van der Waals surface area contributed by atoms with E-state index < -0.39 is 0 Å². The first kappa shape index (κ1) is 12.8. The molecule has 0 aromatic heterocycles. The lowest BCUT2D eigenvalue weighted by Crippen LogP contribution is -2.31. The molecule has 0 bridgehead atoms. The number of rotatable bonds is 5. The number of hydrogen-bond donors (Lipinski definition) is 2. The first-order chi connectivity index (χ1) is 7.58. The van der Waals surface area contributed by atoms with Crippen LogP contribution >= 0.6 is 0 Å². The summed E-state index contributed by atoms with van der Waals surface area (Å²) in [6.45, 7) is 2.85. The van der Waals surface area contributed by atoms with Crippen molar-refractivity contribution in [2.24, 2.45) is 0 Å². The Balaban J connectivity index is 2.80. The predicted molar refractivity (Wildman–Crippen MR) is 65.4 cm³/mol. The van der Waals surface area contributed by atoms with Gasteiger partial charge in [0.2, 0.25) is 0 Å². The maximum Gasteiger partial charge on any atom is 0.125 e. The maximum atomic E-state index is 9.06. The van der Waals surface area contributed by atoms with Crippen molar-refractivity contribution >= 4 is 5.69 Å². The van der Waals surface area contributed by atoms with Crippen molar-refractivity contribution in [3.8, 4) is 5.75 Å². The molecule has 1 aromatic rings. The molecule has 16 heavy (non-hydrogen) atoms. The van der Waals surface area contributed by atoms with Crippen LogP contribution in [0.5, 0.6) is 5.75 Å². The van der Waals surface area contributed by atoms with E-state index in [1.54, 1.807) is 7.11 Å². The molecule has 4 nitrogen and oxygen atoms in total. The van der Waals surface area contributed by atoms with Crippen LogP contribution in [0.1, 0.15) is 12.5 Å². The third-order valence-electron chi connectivity index (χ3n) is 2.75. The van der Waals surface area contributed by atoms with Gasteiger partial charge in [-0.15, -0.1) is 0 Å². The molecular formula is C12H20N2O2. The minimum atomic E-state index is 0.127. The SMILES string of the molecule is COc1cc(N)ccc1CN(C)C(C)CO. The molecule has 90 valence electrons. The van der Waals surface area contributed by atoms with E-state index in [1.807, 2.05) is 32.2 Å². The number of anilines is 1. The van der Waals surface area contributed by atoms with Gasteiger partial charge in [0, 0.05) is 29.9 Å². The topological polar surface area (TPSA) is 58.7 Å². The van der Waals surface area contributed by atoms with Gasteiger partial charge < -0.3 is 15.6 Å². The summed E-state index contributed by atoms with van der Waals surface area (Å²) in [5.74, 6) is 0.789. The highest BCUT2D eigenvalue weighted by Gasteiger charge is 2.11. The van der Waals surface area contributed by atoms with Gasteiger partial charge in [-0.2, -0.15) is 0 Å². The standard InChI is InChI=1S/C12H20N2O2/c1-9(8-15)14(2)7-10-4-5-11(13)6-12(10)16-3/h4-6,9,15H,7-8,13H2,1-3H3. The van der Waals surface area contributed by atoms with Crippen LogP contribution in [0.25, 0.3) is 0 Å². The third-order valence-corrected chi connectivity index (χ3v) is 2.75. The first-order valence-corrected chi connectivity index (χ1v) is 5.32. The van der Waals surface area contributed by atoms with Crippen molar-refractivity contribution in [2.45, 2.75) is 19.5 Å². The zero-order valence-corrected chi connectivity index (χ0v) is 10.1. The van der Waals surface area contributed by atoms with Gasteiger partial charge in [0.15, 0.2) is 0 Å². The van der Waals surface area contributed by atoms with Gasteiger partial charge in [0.25, 0.3) is 0 Å². The third kappa shape index (κ3) is 3.12. The number of nitrogens with zero attached hydrogens (tertiary/aromatic N) is 1. The number of aliphatic hydroxyl groups excluding tert-OH is 1. The van der Waals surface area contributed by atoms with Crippen LogP contribution < -0.4 is 10.5 Å². The molecule has 1 atom stereocenters. The molecule has 1 unspecified atom stereocenters. The summed E-state index contributed by atoms with van der Waals surface area (Å²) in [7, 11) is 3.60. The highest BCUT2D eigenvalue weighted by molar-refractivity contribution is 5.48. The van der Waals surface area contributed by atoms with Gasteiger partial charge in [-0.25, -0.2) is 0 Å². The lowest BCUT2D eigenvalue weighted by Gasteiger charge is -2.23. The molecule has 4 heteroatoms. The highest BCUT2D eigenvalue weighted by atomic mass is 16.5. The molecule has 0 saturated carbocycles. The van der Waals surface area contributed by atoms with Gasteiger partial charge in [0.05, 0.1) is 13.7 Å². The summed E-state index contributed by atoms with van der Waals surface area (Å²) in [5, 5.41) is 9.06. The van der Waals surface area contributed by atoms with Crippen molar-refractivity contribution in [1.82, 2.24) is 4.90 Å². The Morgan fingerprint density at radius 1 is 1.50 bits per heavy atom. The molecule has 3 N–H and O–H groups in total. The van der Waals surface area contributed by atoms with Crippen LogP contribution in [0.2, 0.25) is 0 Å². The Labute approximate surface area is 96.6 Å². The van der Waals surface area contributed by atoms with Crippen molar-refractivity contribution < 1.29 is 9.84 Å². The summed E-state index contributed by atoms with van der Waals surface area (Å²) in [4.78, 5) is 2.06. The summed E-state index contributed by atoms with van der Waals surface area (Å²) < 4.78 is 5.27. The summed E-state index contributed by atoms with van der Waals surface area (Å²) in [6, 6.07) is 5.75. The van der Waals surface area contributed by atoms with Crippen molar-refractivity contribution in [1.29, 1.82) is 0 Å². The number of aliphatic hydroxyl groups is 1. The molecule has 1 rings (SSSR count). The second-order valence-corrected chi connectivity index (χ2v) is 4.02. The molecule has 0 heterocycles. The van der Waals surface area contributed by atoms with Crippen LogP contribution in [0.15, 0.2) is 18.2 Å². The molecule has 1 aromatic carbocycles. The molecule has 0 aliphatic heterocycles. The molecule has 0 fully saturated rings. The zero-order valence-electron chi connectivity index (χ0n) is 10.1. The minimum absolute atomic E-state index is 0.127. The molecule has 0 saturated heterocycles. The largest absolute Gasteiger partial charge is 0.496 e. The Morgan fingerprint density at radius 3 is 2.75 bits per heavy atom. The quantitative estimate of drug-likeness (QED) is 0.735. The maximum absolute atomic E-state index is 9.06. The minimum Gasteiger partial charge on any atom is -0.496 e. The van der Waals surface area contributed by atoms with Crippen LogP contribution in [0.3, 0.4) is 0 Å². The van der Waals surface area contributed by atoms with E-state index in [9.17, 15) is 0 Å². The number of nitrogen functional groups attached to an aromatic ring is 1. The molecule has 0 radical (unpaired) electrons. The van der Waals surface area contributed by atoms with E-state index in [2.05, 4.69) is 4.90 Å². The number of likely N-dealkylation sites (N-methyl/N-ethyl adjacent to an activating group) is 1. The van der Waals surface area contributed by atoms with Gasteiger partial charge in [0.1, 0.15) is 5.75 Å². The van der Waals surface area contributed by atoms with E-state index in [4.69, 9.17) is 15.6 Å². The van der Waals surface area contributed by atoms with Crippen LogP contribution in [0.4, 0.5) is 5.69 Å². The van der Waals surface area contributed by atoms with E-state index in [-0.39, 0.29) is 12.6 Å². The summed E-state index contributed by atoms with van der Waals surface area (Å²) >= 11 is 0. The normalized spacial score (nSPS) is 12.8. The Bertz CT molecular complexity index is 342. The fraction of sp³-hybridized carbons (Fsp3) is 0.500. The molecular weight excluding hydrogens is 204 g/mol. The first-order valence-electron chi connectivity index (χ1n) is 5.32. The molecule has 0 aliphatic rings. The van der Waals surface area contributed by atoms with E-state index in [1.165, 1.54) is 0 Å². The number of benzene rings is 1. The second kappa shape index (κ2) is 5.72. The van der Waals surface area contributed by atoms with E-state index in [0.717, 1.165) is 17.9 Å². The van der Waals surface area contributed by atoms with Gasteiger partial charge in [-0.3, -0.25) is 4.90 Å². The number of ether oxygens (including phenoxy) is 1. The van der Waals surface area contributed by atoms with E-state index in [0.29, 0.717) is 5.69 Å². The molecule has 0 aliphatic carbocycles. The van der Waals surface area contributed by atoms with Crippen molar-refractivity contribution in [2.75, 3.05) is 26.5 Å². The Kier molecular flexibility index (Phi) is 4.58. The van der Waals surface area contributed by atoms with Crippen LogP contribution in [0, 0.1) is 0 Å². The van der Waals surface area contributed by atoms with Gasteiger partial charge in [-0.05, 0) is 20.0 Å². The predicted octanol–water partition coefficient (Wildman–Crippen LogP) is 1.09. The molecule has 0 spiro atoms. The highest BCUT2D eigenvalue weighted by Crippen LogP contribution is 2.23. The smallest absolute Gasteiger partial charge is 0.125 e. The van der Waals surface area contributed by atoms with Crippen molar-refractivity contribution in [3.05, 3.63) is 23.8 Å². The lowest BCUT2D eigenvalue weighted by atomic mass is 10.1. The monoisotopic (exact) mass is 224 g/mol. The zero-order chi connectivity index (χ0) is 12.1. The summed E-state index contributed by atoms with van der Waals surface area (Å²) in [5.41, 5.74) is 7.45. The van der Waals surface area contributed by atoms with Crippen LogP contribution in [-0.2, 0) is 6.54 Å². The van der Waals surface area contributed by atoms with Crippen LogP contribution in [-0.4, -0.2) is 36.8 Å². The van der Waals surface area contributed by atoms with Gasteiger partial charge in [-0.1, -0.05) is 6.07 Å².